The summed E-state index contributed by atoms with van der Waals surface area (Å²) >= 11 is 0. The van der Waals surface area contributed by atoms with E-state index >= 15 is 0 Å². The van der Waals surface area contributed by atoms with Gasteiger partial charge in [-0.2, -0.15) is 0 Å². The fraction of sp³-hybridized carbons (Fsp3) is 0.462. The largest absolute Gasteiger partial charge is 0.492 e. The minimum Gasteiger partial charge on any atom is -0.492 e. The van der Waals surface area contributed by atoms with Crippen LogP contribution in [0.2, 0.25) is 0 Å². The van der Waals surface area contributed by atoms with E-state index in [9.17, 15) is 4.79 Å². The van der Waals surface area contributed by atoms with Gasteiger partial charge in [0.25, 0.3) is 0 Å². The van der Waals surface area contributed by atoms with Crippen LogP contribution in [0.25, 0.3) is 11.0 Å². The Morgan fingerprint density at radius 3 is 2.48 bits per heavy atom. The molecule has 0 radical (unpaired) electrons. The number of fused-ring (bicyclic) bond motifs is 1. The Morgan fingerprint density at radius 2 is 1.77 bits per heavy atom. The van der Waals surface area contributed by atoms with Crippen LogP contribution < -0.4 is 10.1 Å². The summed E-state index contributed by atoms with van der Waals surface area (Å²) in [6.07, 6.45) is 4.04. The number of unbranched alkanes of at least 4 members (excludes halogenated alkanes) is 2. The first-order valence-electron chi connectivity index (χ1n) is 11.3. The second-order valence-electron chi connectivity index (χ2n) is 9.08. The van der Waals surface area contributed by atoms with Gasteiger partial charge < -0.3 is 14.6 Å². The first kappa shape index (κ1) is 22.9. The summed E-state index contributed by atoms with van der Waals surface area (Å²) in [5, 5.41) is 2.86. The molecule has 0 spiro atoms. The highest BCUT2D eigenvalue weighted by molar-refractivity contribution is 5.75. The average molecular weight is 422 g/mol. The quantitative estimate of drug-likeness (QED) is 0.454. The average Bonchev–Trinajstić information content (AvgIpc) is 3.08. The van der Waals surface area contributed by atoms with Crippen molar-refractivity contribution in [3.8, 4) is 5.75 Å². The molecule has 0 bridgehead atoms. The summed E-state index contributed by atoms with van der Waals surface area (Å²) < 4.78 is 8.33. The number of amides is 1. The summed E-state index contributed by atoms with van der Waals surface area (Å²) in [7, 11) is 0. The van der Waals surface area contributed by atoms with E-state index < -0.39 is 0 Å². The van der Waals surface area contributed by atoms with Gasteiger partial charge in [-0.05, 0) is 48.1 Å². The second-order valence-corrected chi connectivity index (χ2v) is 9.08. The molecule has 1 heterocycles. The van der Waals surface area contributed by atoms with Gasteiger partial charge in [0.05, 0.1) is 17.6 Å². The lowest BCUT2D eigenvalue weighted by Gasteiger charge is -2.19. The van der Waals surface area contributed by atoms with Crippen LogP contribution in [0.4, 0.5) is 0 Å². The van der Waals surface area contributed by atoms with Crippen LogP contribution in [0.15, 0.2) is 48.5 Å². The topological polar surface area (TPSA) is 56.2 Å². The van der Waals surface area contributed by atoms with Crippen LogP contribution in [0.3, 0.4) is 0 Å². The van der Waals surface area contributed by atoms with Crippen LogP contribution in [-0.4, -0.2) is 28.6 Å². The molecule has 0 unspecified atom stereocenters. The van der Waals surface area contributed by atoms with Crippen LogP contribution in [0, 0.1) is 0 Å². The lowest BCUT2D eigenvalue weighted by atomic mass is 9.87. The van der Waals surface area contributed by atoms with Crippen molar-refractivity contribution in [2.45, 2.75) is 65.3 Å². The third-order valence-corrected chi connectivity index (χ3v) is 5.49. The molecule has 1 N–H and O–H groups in total. The summed E-state index contributed by atoms with van der Waals surface area (Å²) in [6.45, 7) is 10.3. The van der Waals surface area contributed by atoms with Crippen molar-refractivity contribution in [2.75, 3.05) is 13.2 Å². The van der Waals surface area contributed by atoms with Gasteiger partial charge in [-0.1, -0.05) is 51.5 Å². The Labute approximate surface area is 185 Å². The highest BCUT2D eigenvalue weighted by Crippen LogP contribution is 2.24. The van der Waals surface area contributed by atoms with Gasteiger partial charge in [-0.3, -0.25) is 4.79 Å². The number of imidazole rings is 1. The van der Waals surface area contributed by atoms with Gasteiger partial charge in [-0.15, -0.1) is 0 Å². The zero-order valence-corrected chi connectivity index (χ0v) is 19.3. The number of carbonyl (C=O) groups excluding carboxylic acids is 1. The van der Waals surface area contributed by atoms with Crippen molar-refractivity contribution < 1.29 is 9.53 Å². The number of benzene rings is 2. The number of aryl methyl sites for hydroxylation is 1. The molecular weight excluding hydrogens is 386 g/mol. The number of aromatic nitrogens is 2. The molecule has 0 saturated carbocycles. The zero-order valence-electron chi connectivity index (χ0n) is 19.3. The molecule has 3 aromatic rings. The Kier molecular flexibility index (Phi) is 7.72. The molecule has 5 nitrogen and oxygen atoms in total. The molecule has 1 amide bonds. The predicted octanol–water partition coefficient (Wildman–Crippen LogP) is 5.26. The van der Waals surface area contributed by atoms with Crippen molar-refractivity contribution in [3.63, 3.8) is 0 Å². The summed E-state index contributed by atoms with van der Waals surface area (Å²) in [5.74, 6) is 2.04. The Hall–Kier alpha value is -2.82. The molecule has 0 atom stereocenters. The van der Waals surface area contributed by atoms with Gasteiger partial charge in [0.2, 0.25) is 5.91 Å². The molecule has 2 aromatic carbocycles. The van der Waals surface area contributed by atoms with E-state index in [1.54, 1.807) is 6.92 Å². The van der Waals surface area contributed by atoms with Crippen molar-refractivity contribution in [3.05, 3.63) is 59.9 Å². The van der Waals surface area contributed by atoms with E-state index in [1.165, 1.54) is 5.56 Å². The van der Waals surface area contributed by atoms with Crippen LogP contribution in [0.1, 0.15) is 58.3 Å². The number of nitrogens with zero attached hydrogens (tertiary/aromatic N) is 2. The van der Waals surface area contributed by atoms with Gasteiger partial charge in [-0.25, -0.2) is 4.98 Å². The molecule has 166 valence electrons. The third-order valence-electron chi connectivity index (χ3n) is 5.49. The van der Waals surface area contributed by atoms with E-state index in [0.717, 1.165) is 61.4 Å². The lowest BCUT2D eigenvalue weighted by molar-refractivity contribution is -0.118. The van der Waals surface area contributed by atoms with Crippen molar-refractivity contribution >= 4 is 16.9 Å². The van der Waals surface area contributed by atoms with Crippen molar-refractivity contribution in [2.24, 2.45) is 0 Å². The minimum atomic E-state index is 0.0369. The van der Waals surface area contributed by atoms with Gasteiger partial charge in [0.15, 0.2) is 0 Å². The molecule has 5 heteroatoms. The van der Waals surface area contributed by atoms with Crippen LogP contribution >= 0.6 is 0 Å². The molecule has 0 saturated heterocycles. The summed E-state index contributed by atoms with van der Waals surface area (Å²) in [5.41, 5.74) is 3.64. The van der Waals surface area contributed by atoms with Crippen molar-refractivity contribution in [1.29, 1.82) is 0 Å². The number of para-hydroxylation sites is 2. The van der Waals surface area contributed by atoms with Gasteiger partial charge in [0.1, 0.15) is 18.2 Å². The van der Waals surface area contributed by atoms with Gasteiger partial charge in [0, 0.05) is 19.9 Å². The van der Waals surface area contributed by atoms with Crippen LogP contribution in [0.5, 0.6) is 5.75 Å². The fourth-order valence-corrected chi connectivity index (χ4v) is 3.72. The number of carbonyl (C=O) groups is 1. The summed E-state index contributed by atoms with van der Waals surface area (Å²) in [6, 6.07) is 16.7. The third kappa shape index (κ3) is 6.58. The fourth-order valence-electron chi connectivity index (χ4n) is 3.72. The molecule has 1 aromatic heterocycles. The van der Waals surface area contributed by atoms with E-state index in [-0.39, 0.29) is 11.3 Å². The Balaban J connectivity index is 1.58. The van der Waals surface area contributed by atoms with E-state index in [2.05, 4.69) is 73.1 Å². The minimum absolute atomic E-state index is 0.0369. The number of rotatable bonds is 10. The zero-order chi connectivity index (χ0) is 22.3. The number of hydrogen-bond acceptors (Lipinski definition) is 3. The maximum atomic E-state index is 11.0. The molecule has 0 aliphatic carbocycles. The smallest absolute Gasteiger partial charge is 0.216 e. The molecular formula is C26H35N3O2. The first-order valence-corrected chi connectivity index (χ1v) is 11.3. The highest BCUT2D eigenvalue weighted by atomic mass is 16.5. The van der Waals surface area contributed by atoms with E-state index in [0.29, 0.717) is 6.61 Å². The predicted molar refractivity (Wildman–Crippen MR) is 127 cm³/mol. The first-order chi connectivity index (χ1) is 14.8. The molecule has 0 aliphatic heterocycles. The Morgan fingerprint density at radius 1 is 1.03 bits per heavy atom. The maximum Gasteiger partial charge on any atom is 0.216 e. The Bertz CT molecular complexity index is 984. The van der Waals surface area contributed by atoms with Crippen molar-refractivity contribution in [1.82, 2.24) is 14.9 Å². The molecule has 3 rings (SSSR count). The number of ether oxygens (including phenoxy) is 1. The normalized spacial score (nSPS) is 11.6. The number of hydrogen-bond donors (Lipinski definition) is 1. The number of nitrogens with one attached hydrogen (secondary N) is 1. The maximum absolute atomic E-state index is 11.0. The molecule has 0 fully saturated rings. The van der Waals surface area contributed by atoms with E-state index in [4.69, 9.17) is 9.72 Å². The molecule has 0 aliphatic rings. The second kappa shape index (κ2) is 10.5. The molecule has 31 heavy (non-hydrogen) atoms. The van der Waals surface area contributed by atoms with Gasteiger partial charge >= 0.3 is 0 Å². The van der Waals surface area contributed by atoms with Crippen LogP contribution in [-0.2, 0) is 23.2 Å². The highest BCUT2D eigenvalue weighted by Gasteiger charge is 2.13. The summed E-state index contributed by atoms with van der Waals surface area (Å²) in [4.78, 5) is 15.8. The standard InChI is InChI=1S/C26H35N3O2/c1-20(30)27-17-9-5-6-12-25-28-23-10-7-8-11-24(23)29(25)18-19-31-22-15-13-21(14-16-22)26(2,3)4/h7-8,10-11,13-16H,5-6,9,12,17-19H2,1-4H3,(H,27,30). The monoisotopic (exact) mass is 421 g/mol. The van der Waals surface area contributed by atoms with E-state index in [1.807, 2.05) is 6.07 Å². The SMILES string of the molecule is CC(=O)NCCCCCc1nc2ccccc2n1CCOc1ccc(C(C)(C)C)cc1. The lowest BCUT2D eigenvalue weighted by Crippen LogP contribution is -2.20.